The molecule has 0 aromatic heterocycles. The zero-order chi connectivity index (χ0) is 74.0. The number of nitrogens with two attached hydrogens (primary N) is 2. The largest absolute Gasteiger partial charge is 0.490 e. The predicted molar refractivity (Wildman–Crippen MR) is 361 cm³/mol. The first-order valence-electron chi connectivity index (χ1n) is 29.1. The molecule has 4 unspecified atom stereocenters. The van der Waals surface area contributed by atoms with Crippen molar-refractivity contribution in [2.45, 2.75) is 78.7 Å². The molecule has 554 valence electrons. The van der Waals surface area contributed by atoms with E-state index < -0.39 is 147 Å². The number of carboxylic acid groups (broad SMARTS) is 1. The maximum atomic E-state index is 13.4. The van der Waals surface area contributed by atoms with Crippen LogP contribution in [0, 0.1) is 11.8 Å². The normalized spacial score (nSPS) is 18.5. The number of fused-ring (bicyclic) bond motifs is 2. The van der Waals surface area contributed by atoms with Crippen LogP contribution in [0.15, 0.2) is 64.0 Å². The second-order valence-corrected chi connectivity index (χ2v) is 34.8. The Morgan fingerprint density at radius 2 is 1.51 bits per heavy atom. The summed E-state index contributed by atoms with van der Waals surface area (Å²) in [7, 11) is -24.9. The lowest BCUT2D eigenvalue weighted by Gasteiger charge is -2.32. The van der Waals surface area contributed by atoms with Gasteiger partial charge < -0.3 is 95.3 Å². The van der Waals surface area contributed by atoms with Crippen LogP contribution in [0.2, 0.25) is 0 Å². The number of nitrogens with one attached hydrogen (secondary N) is 4. The van der Waals surface area contributed by atoms with Gasteiger partial charge in [-0.1, -0.05) is 55.5 Å². The van der Waals surface area contributed by atoms with Crippen LogP contribution in [0.5, 0.6) is 11.5 Å². The fraction of sp³-hybridized carbons (Fsp3) is 0.463. The van der Waals surface area contributed by atoms with Crippen LogP contribution in [0.25, 0.3) is 12.2 Å². The van der Waals surface area contributed by atoms with E-state index >= 15 is 0 Å². The number of carboxylic acids is 1. The fourth-order valence-electron chi connectivity index (χ4n) is 9.12. The highest BCUT2D eigenvalue weighted by molar-refractivity contribution is 8.77. The van der Waals surface area contributed by atoms with Crippen molar-refractivity contribution in [1.82, 2.24) is 26.2 Å². The first-order chi connectivity index (χ1) is 46.8. The summed E-state index contributed by atoms with van der Waals surface area (Å²) in [4.78, 5) is 99.9. The van der Waals surface area contributed by atoms with E-state index in [0.29, 0.717) is 31.8 Å². The van der Waals surface area contributed by atoms with Crippen LogP contribution >= 0.6 is 45.1 Å². The van der Waals surface area contributed by atoms with Gasteiger partial charge in [-0.2, -0.15) is 25.5 Å². The third-order valence-electron chi connectivity index (χ3n) is 13.5. The number of rotatable bonds is 38. The summed E-state index contributed by atoms with van der Waals surface area (Å²) < 4.78 is 162. The highest BCUT2D eigenvalue weighted by Crippen LogP contribution is 2.66. The molecule has 0 spiro atoms. The molecule has 46 heteroatoms. The van der Waals surface area contributed by atoms with E-state index in [1.54, 1.807) is 17.0 Å². The summed E-state index contributed by atoms with van der Waals surface area (Å²) in [5.74, 6) is 2.29. The Morgan fingerprint density at radius 1 is 0.850 bits per heavy atom. The molecule has 6 rings (SSSR count). The smallest absolute Gasteiger partial charge is 0.478 e. The van der Waals surface area contributed by atoms with E-state index in [4.69, 9.17) is 74.9 Å². The molecule has 0 bridgehead atoms. The molecule has 3 aliphatic rings. The lowest BCUT2D eigenvalue weighted by atomic mass is 9.88. The Morgan fingerprint density at radius 3 is 2.17 bits per heavy atom. The number of nitrogens with zero attached hydrogens (tertiary/aromatic N) is 1. The second-order valence-electron chi connectivity index (χ2n) is 21.6. The number of anilines is 1. The van der Waals surface area contributed by atoms with Crippen molar-refractivity contribution in [2.75, 3.05) is 96.4 Å². The minimum atomic E-state index is -5.80. The monoisotopic (exact) mass is 1580 g/mol. The summed E-state index contributed by atoms with van der Waals surface area (Å²) in [5, 5.41) is 20.0. The molecular formula is C54H72N7O30P3S6. The maximum absolute atomic E-state index is 13.4. The number of phosphoric ester groups is 1. The van der Waals surface area contributed by atoms with Crippen molar-refractivity contribution < 1.29 is 139 Å². The van der Waals surface area contributed by atoms with Crippen molar-refractivity contribution in [3.63, 3.8) is 0 Å². The lowest BCUT2D eigenvalue weighted by molar-refractivity contribution is -0.0611. The molecule has 5 amide bonds. The number of hydrogen-bond donors (Lipinski definition) is 13. The number of carbonyl (C=O) groups is 5. The van der Waals surface area contributed by atoms with Crippen molar-refractivity contribution >= 4 is 134 Å². The minimum Gasteiger partial charge on any atom is -0.478 e. The number of benzene rings is 3. The summed E-state index contributed by atoms with van der Waals surface area (Å²) in [6.07, 6.45) is -1.26. The predicted octanol–water partition coefficient (Wildman–Crippen LogP) is 2.45. The molecule has 0 aliphatic carbocycles. The first kappa shape index (κ1) is 83.3. The minimum absolute atomic E-state index is 0.0109. The molecule has 37 nitrogen and oxygen atoms in total. The molecule has 3 aromatic carbocycles. The van der Waals surface area contributed by atoms with Crippen LogP contribution in [0.3, 0.4) is 0 Å². The average Bonchev–Trinajstić information content (AvgIpc) is 0.851. The third-order valence-corrected chi connectivity index (χ3v) is 23.0. The van der Waals surface area contributed by atoms with Crippen molar-refractivity contribution in [3.8, 4) is 23.3 Å². The molecule has 1 fully saturated rings. The molecule has 3 aromatic rings. The molecule has 7 atom stereocenters. The number of urea groups is 1. The standard InChI is InChI=1S/C54H72N7O30P3S6/c1-32-9-11-36-43(37-13-14-39(55)47(100(78,79)80)45(37)89-44(36)46(32)99(75,76)77)38-26-33(10-12-35(38)50(63)64)49(62)57-17-22-81-24-25-82-23-18-59-53(67)85-21-15-54(2,3)97-96-30-83-19-5-6-20-84-52(66)58-16-7-8-34-28-61(51(65)60-48(34)56)42-27-40(86-31-98(4)95)41(88-42)29-87-93(71,72)91-94(73,74)90-92(68,69)70/h9-14,26,28,40-42,48H,1,5-6,15-25,27,29-31,55-56H2,2-4H3,(H,57,62)(H,58,66)(H,59,67)(H,60,65)(H,63,64)(H,71,72)(H,73,74)(H2,68,69,70)(H,75,76,77)(H,78,79,80)/t40-,41+,42+,48?,98?/m0/s1. The lowest BCUT2D eigenvalue weighted by Crippen LogP contribution is -2.54. The van der Waals surface area contributed by atoms with Gasteiger partial charge in [-0.05, 0) is 97.7 Å². The van der Waals surface area contributed by atoms with Crippen LogP contribution in [-0.4, -0.2) is 206 Å². The van der Waals surface area contributed by atoms with E-state index in [9.17, 15) is 78.5 Å². The van der Waals surface area contributed by atoms with E-state index in [1.165, 1.54) is 47.3 Å². The number of ether oxygens (including phenoxy) is 8. The van der Waals surface area contributed by atoms with Gasteiger partial charge in [-0.15, -0.1) is 0 Å². The number of unbranched alkanes of at least 4 members (excludes halogenated alkanes) is 1. The Kier molecular flexibility index (Phi) is 30.9. The van der Waals surface area contributed by atoms with Gasteiger partial charge in [0.1, 0.15) is 29.3 Å². The number of amides is 5. The maximum Gasteiger partial charge on any atom is 0.490 e. The van der Waals surface area contributed by atoms with Crippen molar-refractivity contribution in [3.05, 3.63) is 86.9 Å². The number of nitrogen functional groups attached to an aromatic ring is 1. The summed E-state index contributed by atoms with van der Waals surface area (Å²) in [5.41, 5.74) is 10.6. The van der Waals surface area contributed by atoms with Crippen LogP contribution < -0.4 is 47.9 Å². The van der Waals surface area contributed by atoms with Gasteiger partial charge in [0.15, 0.2) is 16.4 Å². The number of alkyl carbamates (subject to hydrolysis) is 2. The fourth-order valence-corrected chi connectivity index (χ4v) is 16.5. The summed E-state index contributed by atoms with van der Waals surface area (Å²) in [6.45, 7) is 7.60. The van der Waals surface area contributed by atoms with E-state index in [0.717, 1.165) is 17.0 Å². The molecule has 3 aliphatic heterocycles. The zero-order valence-electron chi connectivity index (χ0n) is 53.1. The first-order valence-corrected chi connectivity index (χ1v) is 41.5. The van der Waals surface area contributed by atoms with Gasteiger partial charge >= 0.3 is 47.7 Å². The van der Waals surface area contributed by atoms with Crippen LogP contribution in [0.4, 0.5) is 20.1 Å². The topological polar surface area (TPSA) is 551 Å². The highest BCUT2D eigenvalue weighted by Gasteiger charge is 2.46. The third kappa shape index (κ3) is 25.9. The van der Waals surface area contributed by atoms with Gasteiger partial charge in [0.2, 0.25) is 0 Å². The molecular weight excluding hydrogens is 1510 g/mol. The Bertz CT molecular complexity index is 4160. The zero-order valence-corrected chi connectivity index (χ0v) is 60.7. The molecule has 0 radical (unpaired) electrons. The SMILES string of the molecule is C=c1ccc2c(c1S(=O)(=O)O)Oc1c(ccc(N)c1S(=O)(=O)O)C=2c1cc(C(=O)NCCOCCOCCNC(=O)OCCC(C)(C)SSCOCCCCOC(=O)NCC#CC2=CN([C@H]3C[C@H](OCS(C)=S)[C@@H](COP(=O)(O)OP(=O)(O)OP(=O)(O)O)O3)C(=O)NC2N)ccc1C(=O)O. The van der Waals surface area contributed by atoms with E-state index in [1.807, 2.05) is 13.8 Å². The quantitative estimate of drug-likeness (QED) is 0.00583. The molecule has 3 heterocycles. The van der Waals surface area contributed by atoms with Gasteiger partial charge in [0.05, 0.1) is 81.7 Å². The van der Waals surface area contributed by atoms with Crippen LogP contribution in [-0.2, 0) is 101 Å². The van der Waals surface area contributed by atoms with Gasteiger partial charge in [0, 0.05) is 59.0 Å². The Hall–Kier alpha value is -5.69. The number of hydrogen-bond acceptors (Lipinski definition) is 28. The van der Waals surface area contributed by atoms with Crippen molar-refractivity contribution in [2.24, 2.45) is 5.73 Å². The van der Waals surface area contributed by atoms with Gasteiger partial charge in [0.25, 0.3) is 26.1 Å². The summed E-state index contributed by atoms with van der Waals surface area (Å²) in [6, 6.07) is 7.57. The molecule has 1 saturated heterocycles. The number of aromatic carboxylic acids is 1. The molecule has 100 heavy (non-hydrogen) atoms. The van der Waals surface area contributed by atoms with Crippen LogP contribution in [0.1, 0.15) is 71.4 Å². The van der Waals surface area contributed by atoms with Gasteiger partial charge in [-0.25, -0.2) is 32.9 Å². The Balaban J connectivity index is 0.807. The highest BCUT2D eigenvalue weighted by atomic mass is 33.1. The van der Waals surface area contributed by atoms with E-state index in [2.05, 4.69) is 48.3 Å². The molecule has 0 saturated carbocycles. The number of phosphoric acid groups is 3. The average molecular weight is 1580 g/mol. The number of carbonyl (C=O) groups excluding carboxylic acids is 4. The second kappa shape index (κ2) is 37.1. The van der Waals surface area contributed by atoms with Crippen molar-refractivity contribution in [1.29, 1.82) is 0 Å². The summed E-state index contributed by atoms with van der Waals surface area (Å²) >= 11 is 5.17. The Labute approximate surface area is 587 Å². The molecule has 15 N–H and O–H groups in total. The van der Waals surface area contributed by atoms with E-state index in [-0.39, 0.29) is 115 Å². The van der Waals surface area contributed by atoms with Gasteiger partial charge in [-0.3, -0.25) is 23.3 Å².